The SMILES string of the molecule is CSC(C)CCNCc1ccccc1C(F)(F)F. The number of alkyl halides is 3. The Morgan fingerprint density at radius 1 is 1.28 bits per heavy atom. The summed E-state index contributed by atoms with van der Waals surface area (Å²) in [6, 6.07) is 5.70. The monoisotopic (exact) mass is 277 g/mol. The highest BCUT2D eigenvalue weighted by atomic mass is 32.2. The van der Waals surface area contributed by atoms with Crippen LogP contribution >= 0.6 is 11.8 Å². The van der Waals surface area contributed by atoms with Gasteiger partial charge in [0.2, 0.25) is 0 Å². The second kappa shape index (κ2) is 7.04. The van der Waals surface area contributed by atoms with Crippen LogP contribution < -0.4 is 5.32 Å². The van der Waals surface area contributed by atoms with Gasteiger partial charge in [-0.1, -0.05) is 25.1 Å². The van der Waals surface area contributed by atoms with Gasteiger partial charge in [-0.3, -0.25) is 0 Å². The van der Waals surface area contributed by atoms with Gasteiger partial charge in [0.05, 0.1) is 5.56 Å². The molecule has 1 aromatic rings. The van der Waals surface area contributed by atoms with Crippen molar-refractivity contribution in [2.75, 3.05) is 12.8 Å². The number of rotatable bonds is 6. The highest BCUT2D eigenvalue weighted by Crippen LogP contribution is 2.31. The molecule has 18 heavy (non-hydrogen) atoms. The molecule has 0 aliphatic carbocycles. The van der Waals surface area contributed by atoms with E-state index in [-0.39, 0.29) is 6.54 Å². The van der Waals surface area contributed by atoms with E-state index in [0.717, 1.165) is 19.0 Å². The zero-order chi connectivity index (χ0) is 13.6. The highest BCUT2D eigenvalue weighted by Gasteiger charge is 2.32. The van der Waals surface area contributed by atoms with Gasteiger partial charge in [0, 0.05) is 11.8 Å². The predicted molar refractivity (Wildman–Crippen MR) is 70.7 cm³/mol. The van der Waals surface area contributed by atoms with Crippen LogP contribution in [-0.2, 0) is 12.7 Å². The molecule has 1 N–H and O–H groups in total. The summed E-state index contributed by atoms with van der Waals surface area (Å²) in [5, 5.41) is 3.59. The quantitative estimate of drug-likeness (QED) is 0.791. The fourth-order valence-corrected chi connectivity index (χ4v) is 1.95. The van der Waals surface area contributed by atoms with Gasteiger partial charge in [-0.25, -0.2) is 0 Å². The third kappa shape index (κ3) is 4.90. The van der Waals surface area contributed by atoms with Crippen LogP contribution in [0.5, 0.6) is 0 Å². The van der Waals surface area contributed by atoms with E-state index in [2.05, 4.69) is 12.2 Å². The van der Waals surface area contributed by atoms with Crippen LogP contribution in [-0.4, -0.2) is 18.1 Å². The third-order valence-corrected chi connectivity index (χ3v) is 3.81. The zero-order valence-electron chi connectivity index (χ0n) is 10.6. The van der Waals surface area contributed by atoms with Crippen LogP contribution in [0.4, 0.5) is 13.2 Å². The van der Waals surface area contributed by atoms with Gasteiger partial charge < -0.3 is 5.32 Å². The molecule has 0 heterocycles. The second-order valence-electron chi connectivity index (χ2n) is 4.17. The van der Waals surface area contributed by atoms with E-state index in [1.807, 2.05) is 6.26 Å². The first-order valence-corrected chi connectivity index (χ1v) is 7.12. The molecule has 1 rings (SSSR count). The smallest absolute Gasteiger partial charge is 0.313 e. The van der Waals surface area contributed by atoms with Crippen molar-refractivity contribution in [1.29, 1.82) is 0 Å². The van der Waals surface area contributed by atoms with E-state index in [4.69, 9.17) is 0 Å². The molecule has 0 saturated heterocycles. The summed E-state index contributed by atoms with van der Waals surface area (Å²) in [5.41, 5.74) is -0.239. The average Bonchev–Trinajstić information content (AvgIpc) is 2.33. The van der Waals surface area contributed by atoms with Crippen molar-refractivity contribution in [3.63, 3.8) is 0 Å². The fourth-order valence-electron chi connectivity index (χ4n) is 1.60. The number of halogens is 3. The predicted octanol–water partition coefficient (Wildman–Crippen LogP) is 3.94. The Hall–Kier alpha value is -0.680. The van der Waals surface area contributed by atoms with Gasteiger partial charge in [-0.05, 0) is 30.9 Å². The maximum atomic E-state index is 12.7. The Balaban J connectivity index is 2.52. The van der Waals surface area contributed by atoms with E-state index in [1.165, 1.54) is 12.1 Å². The maximum Gasteiger partial charge on any atom is 0.416 e. The molecule has 0 radical (unpaired) electrons. The summed E-state index contributed by atoms with van der Waals surface area (Å²) in [5.74, 6) is 0. The Morgan fingerprint density at radius 3 is 2.56 bits per heavy atom. The maximum absolute atomic E-state index is 12.7. The number of hydrogen-bond donors (Lipinski definition) is 1. The van der Waals surface area contributed by atoms with E-state index in [1.54, 1.807) is 17.8 Å². The minimum atomic E-state index is -4.27. The van der Waals surface area contributed by atoms with Crippen molar-refractivity contribution >= 4 is 11.8 Å². The second-order valence-corrected chi connectivity index (χ2v) is 5.44. The Bertz CT molecular complexity index is 365. The van der Waals surface area contributed by atoms with Crippen molar-refractivity contribution in [2.45, 2.75) is 31.3 Å². The lowest BCUT2D eigenvalue weighted by Gasteiger charge is -2.14. The summed E-state index contributed by atoms with van der Waals surface area (Å²) >= 11 is 1.76. The standard InChI is InChI=1S/C13H18F3NS/c1-10(18-2)7-8-17-9-11-5-3-4-6-12(11)13(14,15)16/h3-6,10,17H,7-9H2,1-2H3. The molecule has 0 aliphatic heterocycles. The molecular formula is C13H18F3NS. The lowest BCUT2D eigenvalue weighted by molar-refractivity contribution is -0.138. The van der Waals surface area contributed by atoms with Gasteiger partial charge in [-0.15, -0.1) is 0 Å². The first-order valence-electron chi connectivity index (χ1n) is 5.83. The molecule has 5 heteroatoms. The van der Waals surface area contributed by atoms with Crippen LogP contribution in [0.3, 0.4) is 0 Å². The molecule has 0 amide bonds. The molecule has 0 spiro atoms. The minimum absolute atomic E-state index is 0.261. The normalized spacial score (nSPS) is 13.6. The summed E-state index contributed by atoms with van der Waals surface area (Å²) < 4.78 is 38.1. The number of thioether (sulfide) groups is 1. The molecule has 0 bridgehead atoms. The Morgan fingerprint density at radius 2 is 1.94 bits per heavy atom. The fraction of sp³-hybridized carbons (Fsp3) is 0.538. The highest BCUT2D eigenvalue weighted by molar-refractivity contribution is 7.99. The molecule has 0 aromatic heterocycles. The van der Waals surface area contributed by atoms with E-state index in [9.17, 15) is 13.2 Å². The van der Waals surface area contributed by atoms with Crippen molar-refractivity contribution in [3.8, 4) is 0 Å². The van der Waals surface area contributed by atoms with Gasteiger partial charge in [-0.2, -0.15) is 24.9 Å². The summed E-state index contributed by atoms with van der Waals surface area (Å²) in [4.78, 5) is 0. The van der Waals surface area contributed by atoms with Gasteiger partial charge >= 0.3 is 6.18 Å². The molecule has 102 valence electrons. The molecule has 0 fully saturated rings. The molecule has 1 unspecified atom stereocenters. The third-order valence-electron chi connectivity index (χ3n) is 2.77. The van der Waals surface area contributed by atoms with E-state index in [0.29, 0.717) is 10.8 Å². The molecule has 1 nitrogen and oxygen atoms in total. The topological polar surface area (TPSA) is 12.0 Å². The Kier molecular flexibility index (Phi) is 6.02. The lowest BCUT2D eigenvalue weighted by Crippen LogP contribution is -2.20. The number of hydrogen-bond acceptors (Lipinski definition) is 2. The molecular weight excluding hydrogens is 259 g/mol. The largest absolute Gasteiger partial charge is 0.416 e. The lowest BCUT2D eigenvalue weighted by atomic mass is 10.1. The van der Waals surface area contributed by atoms with Gasteiger partial charge in [0.25, 0.3) is 0 Å². The molecule has 0 saturated carbocycles. The van der Waals surface area contributed by atoms with Crippen molar-refractivity contribution < 1.29 is 13.2 Å². The van der Waals surface area contributed by atoms with E-state index >= 15 is 0 Å². The van der Waals surface area contributed by atoms with Gasteiger partial charge in [0.1, 0.15) is 0 Å². The average molecular weight is 277 g/mol. The summed E-state index contributed by atoms with van der Waals surface area (Å²) in [6.45, 7) is 3.10. The summed E-state index contributed by atoms with van der Waals surface area (Å²) in [7, 11) is 0. The number of nitrogens with one attached hydrogen (secondary N) is 1. The zero-order valence-corrected chi connectivity index (χ0v) is 11.4. The summed E-state index contributed by atoms with van der Waals surface area (Å²) in [6.07, 6.45) is -1.29. The number of benzene rings is 1. The van der Waals surface area contributed by atoms with Crippen LogP contribution in [0, 0.1) is 0 Å². The van der Waals surface area contributed by atoms with Crippen molar-refractivity contribution in [1.82, 2.24) is 5.32 Å². The van der Waals surface area contributed by atoms with Crippen LogP contribution in [0.25, 0.3) is 0 Å². The van der Waals surface area contributed by atoms with Crippen molar-refractivity contribution in [3.05, 3.63) is 35.4 Å². The van der Waals surface area contributed by atoms with E-state index < -0.39 is 11.7 Å². The minimum Gasteiger partial charge on any atom is -0.313 e. The molecule has 1 atom stereocenters. The molecule has 1 aromatic carbocycles. The van der Waals surface area contributed by atoms with Gasteiger partial charge in [0.15, 0.2) is 0 Å². The van der Waals surface area contributed by atoms with Crippen LogP contribution in [0.1, 0.15) is 24.5 Å². The Labute approximate surface area is 110 Å². The van der Waals surface area contributed by atoms with Crippen LogP contribution in [0.2, 0.25) is 0 Å². The first-order chi connectivity index (χ1) is 8.45. The van der Waals surface area contributed by atoms with Crippen LogP contribution in [0.15, 0.2) is 24.3 Å². The molecule has 0 aliphatic rings. The first kappa shape index (κ1) is 15.4. The van der Waals surface area contributed by atoms with Crippen molar-refractivity contribution in [2.24, 2.45) is 0 Å².